The van der Waals surface area contributed by atoms with Gasteiger partial charge in [0.15, 0.2) is 0 Å². The van der Waals surface area contributed by atoms with E-state index in [-0.39, 0.29) is 18.0 Å². The van der Waals surface area contributed by atoms with Crippen LogP contribution in [-0.2, 0) is 10.9 Å². The molecule has 0 bridgehead atoms. The maximum atomic E-state index is 12.9. The number of aromatic nitrogens is 2. The van der Waals surface area contributed by atoms with Crippen molar-refractivity contribution >= 4 is 11.6 Å². The Hall–Kier alpha value is -1.57. The molecule has 5 nitrogen and oxygen atoms in total. The smallest absolute Gasteiger partial charge is 0.374 e. The van der Waals surface area contributed by atoms with Crippen LogP contribution in [0.4, 0.5) is 24.8 Å². The first-order valence-electron chi connectivity index (χ1n) is 7.01. The lowest BCUT2D eigenvalue weighted by atomic mass is 10.1. The Balaban J connectivity index is 1.97. The minimum atomic E-state index is -4.55. The van der Waals surface area contributed by atoms with Crippen molar-refractivity contribution in [3.63, 3.8) is 0 Å². The van der Waals surface area contributed by atoms with Gasteiger partial charge in [0, 0.05) is 19.7 Å². The highest BCUT2D eigenvalue weighted by Gasteiger charge is 2.39. The summed E-state index contributed by atoms with van der Waals surface area (Å²) in [5.41, 5.74) is 0. The molecule has 8 heteroatoms. The number of hydrogen-bond donors (Lipinski definition) is 1. The molecule has 1 aromatic heterocycles. The lowest BCUT2D eigenvalue weighted by Gasteiger charge is -2.38. The number of hydrogen-bond acceptors (Lipinski definition) is 5. The van der Waals surface area contributed by atoms with Crippen LogP contribution < -0.4 is 10.2 Å². The number of nitrogens with one attached hydrogen (secondary N) is 1. The second-order valence-corrected chi connectivity index (χ2v) is 5.28. The van der Waals surface area contributed by atoms with Crippen LogP contribution in [0, 0.1) is 0 Å². The molecule has 2 heterocycles. The van der Waals surface area contributed by atoms with Crippen molar-refractivity contribution in [2.45, 2.75) is 37.6 Å². The van der Waals surface area contributed by atoms with Gasteiger partial charge in [0.05, 0.1) is 18.8 Å². The van der Waals surface area contributed by atoms with E-state index in [2.05, 4.69) is 15.3 Å². The number of halogens is 3. The van der Waals surface area contributed by atoms with Gasteiger partial charge in [-0.1, -0.05) is 0 Å². The molecule has 2 atom stereocenters. The monoisotopic (exact) mass is 302 g/mol. The highest BCUT2D eigenvalue weighted by molar-refractivity contribution is 5.51. The van der Waals surface area contributed by atoms with Crippen molar-refractivity contribution in [2.75, 3.05) is 30.4 Å². The maximum Gasteiger partial charge on any atom is 0.451 e. The number of rotatable bonds is 2. The Bertz CT molecular complexity index is 523. The van der Waals surface area contributed by atoms with Gasteiger partial charge in [-0.25, -0.2) is 9.97 Å². The first kappa shape index (κ1) is 14.4. The van der Waals surface area contributed by atoms with E-state index in [1.54, 1.807) is 13.1 Å². The van der Waals surface area contributed by atoms with Gasteiger partial charge >= 0.3 is 6.18 Å². The molecule has 0 spiro atoms. The molecule has 1 saturated heterocycles. The van der Waals surface area contributed by atoms with Crippen molar-refractivity contribution in [1.29, 1.82) is 0 Å². The third-order valence-electron chi connectivity index (χ3n) is 4.00. The van der Waals surface area contributed by atoms with E-state index in [0.717, 1.165) is 19.3 Å². The van der Waals surface area contributed by atoms with E-state index >= 15 is 0 Å². The minimum absolute atomic E-state index is 0.0982. The summed E-state index contributed by atoms with van der Waals surface area (Å²) in [6.45, 7) is 1.07. The number of anilines is 2. The average molecular weight is 302 g/mol. The zero-order valence-corrected chi connectivity index (χ0v) is 11.7. The van der Waals surface area contributed by atoms with Crippen LogP contribution in [0.5, 0.6) is 0 Å². The SMILES string of the molecule is CNc1cc(N2CCOC3CCCC32)nc(C(F)(F)F)n1. The number of fused-ring (bicyclic) bond motifs is 1. The van der Waals surface area contributed by atoms with Crippen LogP contribution in [0.2, 0.25) is 0 Å². The Kier molecular flexibility index (Phi) is 3.64. The first-order chi connectivity index (χ1) is 9.99. The second-order valence-electron chi connectivity index (χ2n) is 5.28. The van der Waals surface area contributed by atoms with Gasteiger partial charge in [-0.05, 0) is 19.3 Å². The molecule has 1 saturated carbocycles. The standard InChI is InChI=1S/C13H17F3N4O/c1-17-10-7-11(19-12(18-10)13(14,15)16)20-5-6-21-9-4-2-3-8(9)20/h7-9H,2-6H2,1H3,(H,17,18,19). The van der Waals surface area contributed by atoms with Gasteiger partial charge in [-0.15, -0.1) is 0 Å². The van der Waals surface area contributed by atoms with Crippen LogP contribution in [0.25, 0.3) is 0 Å². The second kappa shape index (κ2) is 5.32. The van der Waals surface area contributed by atoms with E-state index in [1.165, 1.54) is 0 Å². The number of morpholine rings is 1. The van der Waals surface area contributed by atoms with Crippen LogP contribution in [0.3, 0.4) is 0 Å². The first-order valence-corrected chi connectivity index (χ1v) is 7.01. The molecule has 2 unspecified atom stereocenters. The Morgan fingerprint density at radius 3 is 2.86 bits per heavy atom. The van der Waals surface area contributed by atoms with E-state index in [1.807, 2.05) is 4.90 Å². The summed E-state index contributed by atoms with van der Waals surface area (Å²) < 4.78 is 44.5. The summed E-state index contributed by atoms with van der Waals surface area (Å²) >= 11 is 0. The van der Waals surface area contributed by atoms with Gasteiger partial charge in [-0.2, -0.15) is 13.2 Å². The number of nitrogens with zero attached hydrogens (tertiary/aromatic N) is 3. The molecule has 1 aliphatic carbocycles. The molecule has 0 aromatic carbocycles. The minimum Gasteiger partial charge on any atom is -0.374 e. The summed E-state index contributed by atoms with van der Waals surface area (Å²) in [4.78, 5) is 9.16. The molecule has 1 N–H and O–H groups in total. The Labute approximate surface area is 120 Å². The topological polar surface area (TPSA) is 50.3 Å². The lowest BCUT2D eigenvalue weighted by Crippen LogP contribution is -2.49. The molecule has 1 aliphatic heterocycles. The van der Waals surface area contributed by atoms with E-state index < -0.39 is 12.0 Å². The maximum absolute atomic E-state index is 12.9. The Morgan fingerprint density at radius 1 is 1.33 bits per heavy atom. The van der Waals surface area contributed by atoms with Gasteiger partial charge in [0.1, 0.15) is 11.6 Å². The van der Waals surface area contributed by atoms with E-state index in [9.17, 15) is 13.2 Å². The van der Waals surface area contributed by atoms with Crippen molar-refractivity contribution in [3.8, 4) is 0 Å². The number of alkyl halides is 3. The molecule has 2 aliphatic rings. The molecule has 1 aromatic rings. The quantitative estimate of drug-likeness (QED) is 0.908. The molecule has 3 rings (SSSR count). The van der Waals surface area contributed by atoms with Crippen LogP contribution >= 0.6 is 0 Å². The molecular formula is C13H17F3N4O. The largest absolute Gasteiger partial charge is 0.451 e. The van der Waals surface area contributed by atoms with Gasteiger partial charge in [0.2, 0.25) is 5.82 Å². The van der Waals surface area contributed by atoms with Gasteiger partial charge < -0.3 is 15.0 Å². The molecule has 2 fully saturated rings. The van der Waals surface area contributed by atoms with Crippen LogP contribution in [0.1, 0.15) is 25.1 Å². The molecule has 0 amide bonds. The molecule has 21 heavy (non-hydrogen) atoms. The fourth-order valence-corrected chi connectivity index (χ4v) is 3.05. The third kappa shape index (κ3) is 2.76. The Morgan fingerprint density at radius 2 is 2.14 bits per heavy atom. The highest BCUT2D eigenvalue weighted by atomic mass is 19.4. The van der Waals surface area contributed by atoms with E-state index in [0.29, 0.717) is 19.0 Å². The fourth-order valence-electron chi connectivity index (χ4n) is 3.05. The lowest BCUT2D eigenvalue weighted by molar-refractivity contribution is -0.144. The van der Waals surface area contributed by atoms with Crippen LogP contribution in [0.15, 0.2) is 6.07 Å². The van der Waals surface area contributed by atoms with Crippen molar-refractivity contribution < 1.29 is 17.9 Å². The molecule has 0 radical (unpaired) electrons. The van der Waals surface area contributed by atoms with Gasteiger partial charge in [0.25, 0.3) is 0 Å². The zero-order valence-electron chi connectivity index (χ0n) is 11.7. The summed E-state index contributed by atoms with van der Waals surface area (Å²) in [5.74, 6) is -0.611. The van der Waals surface area contributed by atoms with Crippen molar-refractivity contribution in [3.05, 3.63) is 11.9 Å². The van der Waals surface area contributed by atoms with Crippen LogP contribution in [-0.4, -0.2) is 42.3 Å². The predicted octanol–water partition coefficient (Wildman–Crippen LogP) is 2.29. The molecular weight excluding hydrogens is 285 g/mol. The zero-order chi connectivity index (χ0) is 15.0. The summed E-state index contributed by atoms with van der Waals surface area (Å²) in [6.07, 6.45) is -1.55. The average Bonchev–Trinajstić information content (AvgIpc) is 2.94. The normalized spacial score (nSPS) is 25.8. The summed E-state index contributed by atoms with van der Waals surface area (Å²) in [7, 11) is 1.55. The van der Waals surface area contributed by atoms with Gasteiger partial charge in [-0.3, -0.25) is 0 Å². The summed E-state index contributed by atoms with van der Waals surface area (Å²) in [5, 5.41) is 2.67. The van der Waals surface area contributed by atoms with E-state index in [4.69, 9.17) is 4.74 Å². The summed E-state index contributed by atoms with van der Waals surface area (Å²) in [6, 6.07) is 1.68. The van der Waals surface area contributed by atoms with Crippen molar-refractivity contribution in [1.82, 2.24) is 9.97 Å². The van der Waals surface area contributed by atoms with Crippen molar-refractivity contribution in [2.24, 2.45) is 0 Å². The molecule has 116 valence electrons. The predicted molar refractivity (Wildman–Crippen MR) is 71.3 cm³/mol. The third-order valence-corrected chi connectivity index (χ3v) is 4.00. The fraction of sp³-hybridized carbons (Fsp3) is 0.692. The highest BCUT2D eigenvalue weighted by Crippen LogP contribution is 2.34. The number of ether oxygens (including phenoxy) is 1.